The number of rotatable bonds is 6. The average Bonchev–Trinajstić information content (AvgIpc) is 2.47. The van der Waals surface area contributed by atoms with Crippen LogP contribution in [0.3, 0.4) is 0 Å². The van der Waals surface area contributed by atoms with Crippen LogP contribution in [0.4, 0.5) is 15.8 Å². The number of esters is 1. The van der Waals surface area contributed by atoms with Gasteiger partial charge in [0.2, 0.25) is 0 Å². The molecule has 0 aliphatic heterocycles. The Morgan fingerprint density at radius 3 is 2.43 bits per heavy atom. The van der Waals surface area contributed by atoms with Crippen molar-refractivity contribution in [3.05, 3.63) is 33.6 Å². The summed E-state index contributed by atoms with van der Waals surface area (Å²) in [4.78, 5) is 23.7. The summed E-state index contributed by atoms with van der Waals surface area (Å²) in [6.07, 6.45) is 1.55. The highest BCUT2D eigenvalue weighted by molar-refractivity contribution is 5.92. The maximum atomic E-state index is 13.8. The van der Waals surface area contributed by atoms with Crippen LogP contribution in [0.25, 0.3) is 0 Å². The van der Waals surface area contributed by atoms with Gasteiger partial charge in [0.05, 0.1) is 23.7 Å². The third kappa shape index (κ3) is 3.48. The molecule has 0 aromatic heterocycles. The van der Waals surface area contributed by atoms with E-state index in [0.717, 1.165) is 26.0 Å². The minimum absolute atomic E-state index is 0.0552. The normalized spacial score (nSPS) is 10.6. The Morgan fingerprint density at radius 1 is 1.43 bits per heavy atom. The van der Waals surface area contributed by atoms with Crippen molar-refractivity contribution in [2.45, 2.75) is 32.7 Å². The van der Waals surface area contributed by atoms with E-state index < -0.39 is 16.7 Å². The van der Waals surface area contributed by atoms with Gasteiger partial charge in [-0.05, 0) is 18.9 Å². The number of nitrogens with zero attached hydrogens (tertiary/aromatic N) is 2. The summed E-state index contributed by atoms with van der Waals surface area (Å²) >= 11 is 0. The Labute approximate surface area is 122 Å². The van der Waals surface area contributed by atoms with Gasteiger partial charge >= 0.3 is 5.97 Å². The molecule has 1 aromatic carbocycles. The number of ether oxygens (including phenoxy) is 1. The van der Waals surface area contributed by atoms with E-state index in [-0.39, 0.29) is 23.0 Å². The minimum Gasteiger partial charge on any atom is -0.465 e. The second-order valence-electron chi connectivity index (χ2n) is 4.65. The summed E-state index contributed by atoms with van der Waals surface area (Å²) in [6.45, 7) is 3.92. The summed E-state index contributed by atoms with van der Waals surface area (Å²) in [7, 11) is 2.83. The quantitative estimate of drug-likeness (QED) is 0.458. The number of anilines is 1. The van der Waals surface area contributed by atoms with Crippen molar-refractivity contribution in [2.75, 3.05) is 19.1 Å². The van der Waals surface area contributed by atoms with Gasteiger partial charge in [-0.15, -0.1) is 0 Å². The molecule has 0 fully saturated rings. The zero-order chi connectivity index (χ0) is 16.2. The molecule has 1 rings (SSSR count). The van der Waals surface area contributed by atoms with Crippen molar-refractivity contribution < 1.29 is 18.8 Å². The van der Waals surface area contributed by atoms with Crippen molar-refractivity contribution >= 4 is 17.3 Å². The van der Waals surface area contributed by atoms with Crippen molar-refractivity contribution in [1.29, 1.82) is 0 Å². The first-order valence-electron chi connectivity index (χ1n) is 6.66. The number of nitro groups is 1. The molecule has 116 valence electrons. The molecule has 0 unspecified atom stereocenters. The molecule has 0 atom stereocenters. The fraction of sp³-hybridized carbons (Fsp3) is 0.500. The fourth-order valence-electron chi connectivity index (χ4n) is 2.28. The van der Waals surface area contributed by atoms with Crippen molar-refractivity contribution in [1.82, 2.24) is 0 Å². The zero-order valence-corrected chi connectivity index (χ0v) is 12.6. The van der Waals surface area contributed by atoms with Crippen LogP contribution < -0.4 is 4.90 Å². The van der Waals surface area contributed by atoms with E-state index >= 15 is 0 Å². The number of carbonyl (C=O) groups excluding carboxylic acids is 1. The fourth-order valence-corrected chi connectivity index (χ4v) is 2.28. The number of carbonyl (C=O) groups is 1. The molecule has 1 aromatic rings. The van der Waals surface area contributed by atoms with Crippen LogP contribution in [0.5, 0.6) is 0 Å². The van der Waals surface area contributed by atoms with Gasteiger partial charge in [-0.1, -0.05) is 13.8 Å². The van der Waals surface area contributed by atoms with Gasteiger partial charge in [0, 0.05) is 13.1 Å². The maximum absolute atomic E-state index is 13.8. The first-order chi connectivity index (χ1) is 9.87. The van der Waals surface area contributed by atoms with Gasteiger partial charge < -0.3 is 9.64 Å². The molecule has 7 heteroatoms. The van der Waals surface area contributed by atoms with Crippen molar-refractivity contribution in [3.63, 3.8) is 0 Å². The molecule has 0 aliphatic rings. The molecule has 0 radical (unpaired) electrons. The lowest BCUT2D eigenvalue weighted by atomic mass is 10.1. The number of nitro benzene ring substituents is 1. The number of methoxy groups -OCH3 is 1. The topological polar surface area (TPSA) is 72.7 Å². The van der Waals surface area contributed by atoms with Crippen LogP contribution in [0, 0.1) is 15.9 Å². The van der Waals surface area contributed by atoms with Crippen molar-refractivity contribution in [3.8, 4) is 0 Å². The molecule has 0 saturated carbocycles. The Bertz CT molecular complexity index is 544. The summed E-state index contributed by atoms with van der Waals surface area (Å²) < 4.78 is 18.3. The SMILES string of the molecule is CCC(CC)N(C)c1cc(C(=O)OC)c(F)cc1[N+](=O)[O-]. The van der Waals surface area contributed by atoms with Crippen LogP contribution in [-0.4, -0.2) is 31.1 Å². The highest BCUT2D eigenvalue weighted by atomic mass is 19.1. The van der Waals surface area contributed by atoms with Crippen molar-refractivity contribution in [2.24, 2.45) is 0 Å². The molecular weight excluding hydrogens is 279 g/mol. The van der Waals surface area contributed by atoms with Gasteiger partial charge in [0.25, 0.3) is 5.69 Å². The number of halogens is 1. The predicted molar refractivity (Wildman–Crippen MR) is 77.2 cm³/mol. The third-order valence-electron chi connectivity index (χ3n) is 3.54. The number of hydrogen-bond donors (Lipinski definition) is 0. The van der Waals surface area contributed by atoms with Crippen LogP contribution in [0.1, 0.15) is 37.0 Å². The third-order valence-corrected chi connectivity index (χ3v) is 3.54. The molecule has 21 heavy (non-hydrogen) atoms. The monoisotopic (exact) mass is 298 g/mol. The number of benzene rings is 1. The van der Waals surface area contributed by atoms with Gasteiger partial charge in [-0.25, -0.2) is 9.18 Å². The average molecular weight is 298 g/mol. The molecule has 0 N–H and O–H groups in total. The Hall–Kier alpha value is -2.18. The molecule has 0 amide bonds. The van der Waals surface area contributed by atoms with Gasteiger partial charge in [-0.2, -0.15) is 0 Å². The summed E-state index contributed by atoms with van der Waals surface area (Å²) in [5.41, 5.74) is -0.471. The maximum Gasteiger partial charge on any atom is 0.340 e. The van der Waals surface area contributed by atoms with E-state index in [4.69, 9.17) is 0 Å². The predicted octanol–water partition coefficient (Wildman–Crippen LogP) is 3.15. The van der Waals surface area contributed by atoms with Crippen LogP contribution >= 0.6 is 0 Å². The first kappa shape index (κ1) is 16.9. The molecule has 6 nitrogen and oxygen atoms in total. The van der Waals surface area contributed by atoms with Crippen LogP contribution in [0.15, 0.2) is 12.1 Å². The molecule has 0 heterocycles. The Kier molecular flexibility index (Phi) is 5.63. The standard InChI is InChI=1S/C14H19FN2O4/c1-5-9(6-2)16(3)12-7-10(14(18)21-4)11(15)8-13(12)17(19)20/h7-9H,5-6H2,1-4H3. The molecule has 0 aliphatic carbocycles. The van der Waals surface area contributed by atoms with E-state index in [0.29, 0.717) is 0 Å². The number of hydrogen-bond acceptors (Lipinski definition) is 5. The molecule has 0 saturated heterocycles. The van der Waals surface area contributed by atoms with E-state index in [2.05, 4.69) is 4.74 Å². The van der Waals surface area contributed by atoms with E-state index in [1.807, 2.05) is 13.8 Å². The minimum atomic E-state index is -0.963. The smallest absolute Gasteiger partial charge is 0.340 e. The highest BCUT2D eigenvalue weighted by Gasteiger charge is 2.26. The summed E-state index contributed by atoms with van der Waals surface area (Å²) in [5.74, 6) is -1.82. The second-order valence-corrected chi connectivity index (χ2v) is 4.65. The van der Waals surface area contributed by atoms with E-state index in [9.17, 15) is 19.3 Å². The van der Waals surface area contributed by atoms with E-state index in [1.165, 1.54) is 6.07 Å². The summed E-state index contributed by atoms with van der Waals surface area (Å²) in [6, 6.07) is 2.00. The Morgan fingerprint density at radius 2 is 2.00 bits per heavy atom. The summed E-state index contributed by atoms with van der Waals surface area (Å²) in [5, 5.41) is 11.1. The van der Waals surface area contributed by atoms with Gasteiger partial charge in [0.1, 0.15) is 11.5 Å². The molecule has 0 bridgehead atoms. The lowest BCUT2D eigenvalue weighted by Gasteiger charge is -2.28. The highest BCUT2D eigenvalue weighted by Crippen LogP contribution is 2.32. The van der Waals surface area contributed by atoms with E-state index in [1.54, 1.807) is 11.9 Å². The van der Waals surface area contributed by atoms with Gasteiger partial charge in [0.15, 0.2) is 0 Å². The molecular formula is C14H19FN2O4. The first-order valence-corrected chi connectivity index (χ1v) is 6.66. The zero-order valence-electron chi connectivity index (χ0n) is 12.6. The van der Waals surface area contributed by atoms with Crippen LogP contribution in [-0.2, 0) is 4.74 Å². The van der Waals surface area contributed by atoms with Gasteiger partial charge in [-0.3, -0.25) is 10.1 Å². The van der Waals surface area contributed by atoms with Crippen LogP contribution in [0.2, 0.25) is 0 Å². The lowest BCUT2D eigenvalue weighted by molar-refractivity contribution is -0.384. The lowest BCUT2D eigenvalue weighted by Crippen LogP contribution is -2.31. The molecule has 0 spiro atoms. The largest absolute Gasteiger partial charge is 0.465 e. The Balaban J connectivity index is 3.45. The second kappa shape index (κ2) is 7.01.